The Morgan fingerprint density at radius 2 is 1.88 bits per heavy atom. The zero-order chi connectivity index (χ0) is 16.5. The number of benzene rings is 2. The molecular weight excluding hydrogens is 320 g/mol. The summed E-state index contributed by atoms with van der Waals surface area (Å²) < 4.78 is 5.17. The maximum Gasteiger partial charge on any atom is 0.257 e. The number of fused-ring (bicyclic) bond motifs is 1. The zero-order valence-electron chi connectivity index (χ0n) is 12.9. The van der Waals surface area contributed by atoms with Crippen LogP contribution in [-0.2, 0) is 0 Å². The molecule has 0 bridgehead atoms. The van der Waals surface area contributed by atoms with Crippen molar-refractivity contribution in [1.29, 1.82) is 0 Å². The Bertz CT molecular complexity index is 1060. The summed E-state index contributed by atoms with van der Waals surface area (Å²) in [5, 5.41) is 3.78. The minimum atomic E-state index is -0.125. The molecule has 0 aliphatic heterocycles. The number of ether oxygens (including phenoxy) is 1. The number of nitrogens with one attached hydrogen (secondary N) is 1. The van der Waals surface area contributed by atoms with Gasteiger partial charge in [-0.25, -0.2) is 4.98 Å². The van der Waals surface area contributed by atoms with Crippen LogP contribution in [0.4, 0.5) is 0 Å². The third-order valence-corrected chi connectivity index (χ3v) is 4.76. The highest BCUT2D eigenvalue weighted by Gasteiger charge is 2.11. The number of H-pyrrole nitrogens is 1. The second kappa shape index (κ2) is 5.94. The second-order valence-electron chi connectivity index (χ2n) is 5.37. The topological polar surface area (TPSA) is 55.0 Å². The molecule has 0 radical (unpaired) electrons. The van der Waals surface area contributed by atoms with Crippen molar-refractivity contribution in [3.05, 3.63) is 70.3 Å². The first-order valence-electron chi connectivity index (χ1n) is 7.47. The molecular formula is C19H14N2O2S. The summed E-state index contributed by atoms with van der Waals surface area (Å²) in [6.07, 6.45) is 0. The van der Waals surface area contributed by atoms with Crippen LogP contribution in [0.15, 0.2) is 64.8 Å². The number of aromatic nitrogens is 2. The fourth-order valence-corrected chi connectivity index (χ4v) is 3.43. The summed E-state index contributed by atoms with van der Waals surface area (Å²) in [7, 11) is 1.64. The van der Waals surface area contributed by atoms with E-state index in [1.54, 1.807) is 7.11 Å². The van der Waals surface area contributed by atoms with Gasteiger partial charge in [0.15, 0.2) is 0 Å². The molecule has 0 spiro atoms. The van der Waals surface area contributed by atoms with Gasteiger partial charge in [-0.3, -0.25) is 4.79 Å². The Morgan fingerprint density at radius 1 is 1.08 bits per heavy atom. The van der Waals surface area contributed by atoms with Crippen molar-refractivity contribution in [1.82, 2.24) is 9.97 Å². The van der Waals surface area contributed by atoms with E-state index in [1.165, 1.54) is 11.3 Å². The van der Waals surface area contributed by atoms with E-state index in [2.05, 4.69) is 9.97 Å². The van der Waals surface area contributed by atoms with Gasteiger partial charge in [-0.1, -0.05) is 18.2 Å². The first-order chi connectivity index (χ1) is 11.7. The van der Waals surface area contributed by atoms with Crippen molar-refractivity contribution >= 4 is 22.2 Å². The molecule has 0 saturated carbocycles. The lowest BCUT2D eigenvalue weighted by atomic mass is 10.1. The van der Waals surface area contributed by atoms with E-state index in [-0.39, 0.29) is 5.56 Å². The normalized spacial score (nSPS) is 10.9. The van der Waals surface area contributed by atoms with Gasteiger partial charge in [-0.2, -0.15) is 0 Å². The molecule has 0 atom stereocenters. The van der Waals surface area contributed by atoms with E-state index in [9.17, 15) is 4.79 Å². The summed E-state index contributed by atoms with van der Waals surface area (Å²) in [6.45, 7) is 0. The van der Waals surface area contributed by atoms with Gasteiger partial charge in [0.05, 0.1) is 18.4 Å². The standard InChI is InChI=1S/C19H14N2O2S/c1-23-14-8-6-12(7-9-14)19-21-17(11-24-19)15-10-13-4-2-3-5-16(13)20-18(15)22/h2-11H,1H3,(H,20,22). The monoisotopic (exact) mass is 334 g/mol. The molecule has 0 aliphatic rings. The van der Waals surface area contributed by atoms with Gasteiger partial charge in [0.1, 0.15) is 10.8 Å². The lowest BCUT2D eigenvalue weighted by molar-refractivity contribution is 0.415. The van der Waals surface area contributed by atoms with Crippen molar-refractivity contribution in [2.45, 2.75) is 0 Å². The molecule has 4 rings (SSSR count). The Morgan fingerprint density at radius 3 is 2.67 bits per heavy atom. The molecule has 2 aromatic carbocycles. The molecule has 1 N–H and O–H groups in total. The van der Waals surface area contributed by atoms with Crippen molar-refractivity contribution in [3.8, 4) is 27.6 Å². The molecule has 5 heteroatoms. The molecule has 0 unspecified atom stereocenters. The van der Waals surface area contributed by atoms with Gasteiger partial charge in [-0.15, -0.1) is 11.3 Å². The number of hydrogen-bond acceptors (Lipinski definition) is 4. The quantitative estimate of drug-likeness (QED) is 0.607. The fraction of sp³-hybridized carbons (Fsp3) is 0.0526. The summed E-state index contributed by atoms with van der Waals surface area (Å²) in [5.41, 5.74) is 2.99. The maximum absolute atomic E-state index is 12.4. The largest absolute Gasteiger partial charge is 0.497 e. The molecule has 2 aromatic heterocycles. The summed E-state index contributed by atoms with van der Waals surface area (Å²) >= 11 is 1.52. The van der Waals surface area contributed by atoms with Crippen LogP contribution in [-0.4, -0.2) is 17.1 Å². The van der Waals surface area contributed by atoms with Crippen LogP contribution in [0.25, 0.3) is 32.7 Å². The van der Waals surface area contributed by atoms with Crippen LogP contribution in [0.5, 0.6) is 5.75 Å². The van der Waals surface area contributed by atoms with E-state index in [0.29, 0.717) is 11.3 Å². The summed E-state index contributed by atoms with van der Waals surface area (Å²) in [6, 6.07) is 17.4. The van der Waals surface area contributed by atoms with Crippen molar-refractivity contribution in [2.75, 3.05) is 7.11 Å². The number of nitrogens with zero attached hydrogens (tertiary/aromatic N) is 1. The molecule has 118 valence electrons. The van der Waals surface area contributed by atoms with E-state index >= 15 is 0 Å². The van der Waals surface area contributed by atoms with E-state index in [1.807, 2.05) is 60.0 Å². The Kier molecular flexibility index (Phi) is 3.63. The fourth-order valence-electron chi connectivity index (χ4n) is 2.60. The van der Waals surface area contributed by atoms with Gasteiger partial charge < -0.3 is 9.72 Å². The number of rotatable bonds is 3. The minimum Gasteiger partial charge on any atom is -0.497 e. The maximum atomic E-state index is 12.4. The summed E-state index contributed by atoms with van der Waals surface area (Å²) in [4.78, 5) is 19.9. The Hall–Kier alpha value is -2.92. The van der Waals surface area contributed by atoms with E-state index < -0.39 is 0 Å². The number of aromatic amines is 1. The van der Waals surface area contributed by atoms with Crippen LogP contribution in [0.3, 0.4) is 0 Å². The van der Waals surface area contributed by atoms with Gasteiger partial charge in [-0.05, 0) is 41.8 Å². The van der Waals surface area contributed by atoms with Gasteiger partial charge >= 0.3 is 0 Å². The number of hydrogen-bond donors (Lipinski definition) is 1. The Labute approximate surface area is 142 Å². The number of para-hydroxylation sites is 1. The molecule has 4 nitrogen and oxygen atoms in total. The molecule has 0 fully saturated rings. The SMILES string of the molecule is COc1ccc(-c2nc(-c3cc4ccccc4[nH]c3=O)cs2)cc1. The number of methoxy groups -OCH3 is 1. The molecule has 0 aliphatic carbocycles. The minimum absolute atomic E-state index is 0.125. The van der Waals surface area contributed by atoms with Crippen LogP contribution in [0.2, 0.25) is 0 Å². The summed E-state index contributed by atoms with van der Waals surface area (Å²) in [5.74, 6) is 0.807. The van der Waals surface area contributed by atoms with Crippen LogP contribution in [0.1, 0.15) is 0 Å². The zero-order valence-corrected chi connectivity index (χ0v) is 13.8. The average molecular weight is 334 g/mol. The van der Waals surface area contributed by atoms with Crippen molar-refractivity contribution in [3.63, 3.8) is 0 Å². The van der Waals surface area contributed by atoms with Gasteiger partial charge in [0.25, 0.3) is 5.56 Å². The third-order valence-electron chi connectivity index (χ3n) is 3.87. The van der Waals surface area contributed by atoms with Gasteiger partial charge in [0.2, 0.25) is 0 Å². The highest BCUT2D eigenvalue weighted by Crippen LogP contribution is 2.29. The lowest BCUT2D eigenvalue weighted by Gasteiger charge is -2.01. The van der Waals surface area contributed by atoms with Gasteiger partial charge in [0, 0.05) is 16.5 Å². The lowest BCUT2D eigenvalue weighted by Crippen LogP contribution is -2.08. The first-order valence-corrected chi connectivity index (χ1v) is 8.35. The number of thiazole rings is 1. The third kappa shape index (κ3) is 2.59. The number of pyridine rings is 1. The predicted molar refractivity (Wildman–Crippen MR) is 97.7 cm³/mol. The first kappa shape index (κ1) is 14.7. The highest BCUT2D eigenvalue weighted by atomic mass is 32.1. The molecule has 4 aromatic rings. The average Bonchev–Trinajstić information content (AvgIpc) is 3.11. The molecule has 2 heterocycles. The van der Waals surface area contributed by atoms with E-state index in [4.69, 9.17) is 4.74 Å². The highest BCUT2D eigenvalue weighted by molar-refractivity contribution is 7.13. The van der Waals surface area contributed by atoms with Crippen LogP contribution < -0.4 is 10.3 Å². The molecule has 0 amide bonds. The van der Waals surface area contributed by atoms with E-state index in [0.717, 1.165) is 27.2 Å². The van der Waals surface area contributed by atoms with Crippen LogP contribution in [0, 0.1) is 0 Å². The van der Waals surface area contributed by atoms with Crippen LogP contribution >= 0.6 is 11.3 Å². The second-order valence-corrected chi connectivity index (χ2v) is 6.22. The molecule has 0 saturated heterocycles. The van der Waals surface area contributed by atoms with Crippen molar-refractivity contribution < 1.29 is 4.74 Å². The van der Waals surface area contributed by atoms with Crippen molar-refractivity contribution in [2.24, 2.45) is 0 Å². The Balaban J connectivity index is 1.76. The smallest absolute Gasteiger partial charge is 0.257 e. The molecule has 24 heavy (non-hydrogen) atoms. The predicted octanol–water partition coefficient (Wildman–Crippen LogP) is 4.33.